The Morgan fingerprint density at radius 1 is 0.969 bits per heavy atom. The number of carbonyl (C=O) groups is 1. The molecule has 6 rings (SSSR count). The van der Waals surface area contributed by atoms with Crippen molar-refractivity contribution >= 4 is 50.3 Å². The number of aromatic nitrogens is 2. The zero-order chi connectivity index (χ0) is 21.8. The van der Waals surface area contributed by atoms with Gasteiger partial charge in [-0.05, 0) is 59.9 Å². The first-order valence-electron chi connectivity index (χ1n) is 10.6. The molecule has 0 saturated carbocycles. The number of anilines is 1. The SMILES string of the molecule is O=C1CC(c2ccc(Cl)cc2)CC2=C1C(c1cccc(Br)c1)n1c(nc3ccccc31)N2. The molecule has 0 amide bonds. The van der Waals surface area contributed by atoms with Crippen LogP contribution < -0.4 is 5.32 Å². The molecule has 2 heterocycles. The van der Waals surface area contributed by atoms with E-state index in [2.05, 4.69) is 44.0 Å². The summed E-state index contributed by atoms with van der Waals surface area (Å²) in [5, 5.41) is 4.22. The Hall–Kier alpha value is -2.89. The van der Waals surface area contributed by atoms with Crippen LogP contribution in [0.4, 0.5) is 5.95 Å². The van der Waals surface area contributed by atoms with Crippen molar-refractivity contribution in [2.45, 2.75) is 24.8 Å². The van der Waals surface area contributed by atoms with Crippen LogP contribution in [0.15, 0.2) is 88.5 Å². The molecule has 1 aliphatic heterocycles. The van der Waals surface area contributed by atoms with Gasteiger partial charge in [0.1, 0.15) is 0 Å². The van der Waals surface area contributed by atoms with Gasteiger partial charge < -0.3 is 5.32 Å². The van der Waals surface area contributed by atoms with Crippen LogP contribution in [0.2, 0.25) is 5.02 Å². The van der Waals surface area contributed by atoms with Crippen LogP contribution in [0, 0.1) is 0 Å². The molecule has 1 aromatic heterocycles. The van der Waals surface area contributed by atoms with Gasteiger partial charge in [-0.15, -0.1) is 0 Å². The number of para-hydroxylation sites is 2. The molecule has 2 aliphatic rings. The third-order valence-corrected chi connectivity index (χ3v) is 7.15. The average molecular weight is 505 g/mol. The Labute approximate surface area is 199 Å². The third kappa shape index (κ3) is 3.19. The molecule has 3 aromatic carbocycles. The Kier molecular flexibility index (Phi) is 4.70. The van der Waals surface area contributed by atoms with Crippen molar-refractivity contribution in [1.29, 1.82) is 0 Å². The smallest absolute Gasteiger partial charge is 0.209 e. The summed E-state index contributed by atoms with van der Waals surface area (Å²) in [6, 6.07) is 23.9. The number of rotatable bonds is 2. The number of carbonyl (C=O) groups excluding carboxylic acids is 1. The normalized spacial score (nSPS) is 20.1. The Morgan fingerprint density at radius 3 is 2.59 bits per heavy atom. The number of nitrogens with zero attached hydrogens (tertiary/aromatic N) is 2. The standard InChI is InChI=1S/C26H19BrClN3O/c27-18-5-3-4-16(12-18)25-24-21(30-26-29-20-6-1-2-7-22(20)31(25)26)13-17(14-23(24)32)15-8-10-19(28)11-9-15/h1-12,17,25H,13-14H2,(H,29,30). The molecule has 32 heavy (non-hydrogen) atoms. The first kappa shape index (κ1) is 19.8. The number of allylic oxidation sites excluding steroid dienone is 2. The van der Waals surface area contributed by atoms with Gasteiger partial charge in [-0.2, -0.15) is 0 Å². The van der Waals surface area contributed by atoms with Crippen LogP contribution in [0.3, 0.4) is 0 Å². The monoisotopic (exact) mass is 503 g/mol. The van der Waals surface area contributed by atoms with Gasteiger partial charge in [0.15, 0.2) is 5.78 Å². The molecule has 0 saturated heterocycles. The van der Waals surface area contributed by atoms with Crippen LogP contribution in [0.1, 0.15) is 35.9 Å². The van der Waals surface area contributed by atoms with Gasteiger partial charge in [-0.1, -0.05) is 63.9 Å². The summed E-state index contributed by atoms with van der Waals surface area (Å²) < 4.78 is 3.15. The van der Waals surface area contributed by atoms with Crippen LogP contribution in [-0.4, -0.2) is 15.3 Å². The number of benzene rings is 3. The molecule has 1 aliphatic carbocycles. The fourth-order valence-electron chi connectivity index (χ4n) is 4.99. The fraction of sp³-hybridized carbons (Fsp3) is 0.154. The molecule has 0 bridgehead atoms. The molecular formula is C26H19BrClN3O. The Bertz CT molecular complexity index is 1410. The number of Topliss-reactive ketones (excluding diaryl/α,β-unsaturated/α-hetero) is 1. The maximum atomic E-state index is 13.6. The highest BCUT2D eigenvalue weighted by molar-refractivity contribution is 9.10. The summed E-state index contributed by atoms with van der Waals surface area (Å²) >= 11 is 9.69. The molecule has 0 fully saturated rings. The maximum Gasteiger partial charge on any atom is 0.209 e. The highest BCUT2D eigenvalue weighted by Gasteiger charge is 2.39. The molecule has 6 heteroatoms. The molecule has 4 nitrogen and oxygen atoms in total. The summed E-state index contributed by atoms with van der Waals surface area (Å²) in [7, 11) is 0. The van der Waals surface area contributed by atoms with E-state index >= 15 is 0 Å². The van der Waals surface area contributed by atoms with Crippen LogP contribution in [0.5, 0.6) is 0 Å². The van der Waals surface area contributed by atoms with E-state index in [1.807, 2.05) is 54.6 Å². The predicted molar refractivity (Wildman–Crippen MR) is 131 cm³/mol. The Morgan fingerprint density at radius 2 is 1.78 bits per heavy atom. The summed E-state index contributed by atoms with van der Waals surface area (Å²) in [5.41, 5.74) is 5.93. The quantitative estimate of drug-likeness (QED) is 0.324. The van der Waals surface area contributed by atoms with Crippen molar-refractivity contribution in [3.05, 3.63) is 105 Å². The van der Waals surface area contributed by atoms with Crippen molar-refractivity contribution in [2.75, 3.05) is 5.32 Å². The van der Waals surface area contributed by atoms with Gasteiger partial charge >= 0.3 is 0 Å². The van der Waals surface area contributed by atoms with Gasteiger partial charge in [-0.25, -0.2) is 4.98 Å². The lowest BCUT2D eigenvalue weighted by atomic mass is 9.78. The topological polar surface area (TPSA) is 46.9 Å². The van der Waals surface area contributed by atoms with Gasteiger partial charge in [-0.3, -0.25) is 9.36 Å². The number of nitrogens with one attached hydrogen (secondary N) is 1. The molecule has 1 N–H and O–H groups in total. The molecule has 2 unspecified atom stereocenters. The lowest BCUT2D eigenvalue weighted by Crippen LogP contribution is -2.33. The van der Waals surface area contributed by atoms with Crippen molar-refractivity contribution in [2.24, 2.45) is 0 Å². The van der Waals surface area contributed by atoms with E-state index in [9.17, 15) is 4.79 Å². The van der Waals surface area contributed by atoms with Gasteiger partial charge in [0.25, 0.3) is 0 Å². The highest BCUT2D eigenvalue weighted by atomic mass is 79.9. The third-order valence-electron chi connectivity index (χ3n) is 6.40. The summed E-state index contributed by atoms with van der Waals surface area (Å²) in [4.78, 5) is 18.5. The molecule has 0 spiro atoms. The second-order valence-electron chi connectivity index (χ2n) is 8.35. The van der Waals surface area contributed by atoms with Crippen molar-refractivity contribution in [3.8, 4) is 0 Å². The molecule has 4 aromatic rings. The summed E-state index contributed by atoms with van der Waals surface area (Å²) in [6.07, 6.45) is 1.24. The number of hydrogen-bond acceptors (Lipinski definition) is 3. The van der Waals surface area contributed by atoms with Crippen LogP contribution >= 0.6 is 27.5 Å². The highest BCUT2D eigenvalue weighted by Crippen LogP contribution is 2.46. The second-order valence-corrected chi connectivity index (χ2v) is 9.70. The first-order valence-corrected chi connectivity index (χ1v) is 11.8. The van der Waals surface area contributed by atoms with Gasteiger partial charge in [0.05, 0.1) is 17.1 Å². The van der Waals surface area contributed by atoms with Gasteiger partial charge in [0.2, 0.25) is 5.95 Å². The minimum atomic E-state index is -0.218. The number of hydrogen-bond donors (Lipinski definition) is 1. The largest absolute Gasteiger partial charge is 0.329 e. The maximum absolute atomic E-state index is 13.6. The van der Waals surface area contributed by atoms with E-state index in [1.54, 1.807) is 0 Å². The van der Waals surface area contributed by atoms with E-state index in [-0.39, 0.29) is 17.7 Å². The minimum absolute atomic E-state index is 0.116. The number of halogens is 2. The first-order chi connectivity index (χ1) is 15.6. The fourth-order valence-corrected chi connectivity index (χ4v) is 5.53. The number of imidazole rings is 1. The molecule has 0 radical (unpaired) electrons. The number of fused-ring (bicyclic) bond motifs is 3. The Balaban J connectivity index is 1.52. The second kappa shape index (κ2) is 7.61. The lowest BCUT2D eigenvalue weighted by Gasteiger charge is -2.36. The molecule has 158 valence electrons. The van der Waals surface area contributed by atoms with Crippen molar-refractivity contribution in [3.63, 3.8) is 0 Å². The zero-order valence-electron chi connectivity index (χ0n) is 17.1. The van der Waals surface area contributed by atoms with E-state index in [0.717, 1.165) is 50.3 Å². The predicted octanol–water partition coefficient (Wildman–Crippen LogP) is 6.87. The van der Waals surface area contributed by atoms with E-state index < -0.39 is 0 Å². The minimum Gasteiger partial charge on any atom is -0.329 e. The summed E-state index contributed by atoms with van der Waals surface area (Å²) in [5.74, 6) is 1.07. The van der Waals surface area contributed by atoms with E-state index in [4.69, 9.17) is 16.6 Å². The number of ketones is 1. The van der Waals surface area contributed by atoms with E-state index in [1.165, 1.54) is 0 Å². The van der Waals surface area contributed by atoms with Crippen molar-refractivity contribution in [1.82, 2.24) is 9.55 Å². The van der Waals surface area contributed by atoms with Crippen LogP contribution in [0.25, 0.3) is 11.0 Å². The van der Waals surface area contributed by atoms with Gasteiger partial charge in [0, 0.05) is 27.2 Å². The van der Waals surface area contributed by atoms with Crippen molar-refractivity contribution < 1.29 is 4.79 Å². The zero-order valence-corrected chi connectivity index (χ0v) is 19.4. The molecular weight excluding hydrogens is 486 g/mol. The van der Waals surface area contributed by atoms with E-state index in [0.29, 0.717) is 11.4 Å². The molecule has 2 atom stereocenters. The lowest BCUT2D eigenvalue weighted by molar-refractivity contribution is -0.116. The average Bonchev–Trinajstić information content (AvgIpc) is 3.16. The van der Waals surface area contributed by atoms with Crippen LogP contribution in [-0.2, 0) is 4.79 Å². The summed E-state index contributed by atoms with van der Waals surface area (Å²) in [6.45, 7) is 0.